The van der Waals surface area contributed by atoms with E-state index >= 15 is 0 Å². The van der Waals surface area contributed by atoms with Gasteiger partial charge in [0.1, 0.15) is 0 Å². The molecule has 0 amide bonds. The van der Waals surface area contributed by atoms with Gasteiger partial charge >= 0.3 is 89.3 Å². The molecule has 1 aromatic rings. The Balaban J connectivity index is 2.57. The van der Waals surface area contributed by atoms with Gasteiger partial charge in [0.2, 0.25) is 0 Å². The van der Waals surface area contributed by atoms with E-state index in [1.54, 1.807) is 21.1 Å². The van der Waals surface area contributed by atoms with Gasteiger partial charge in [-0.1, -0.05) is 0 Å². The summed E-state index contributed by atoms with van der Waals surface area (Å²) < 4.78 is 1.74. The predicted molar refractivity (Wildman–Crippen MR) is 66.1 cm³/mol. The normalized spacial score (nSPS) is 16.0. The molecule has 0 nitrogen and oxygen atoms in total. The second-order valence-corrected chi connectivity index (χ2v) is 15.7. The van der Waals surface area contributed by atoms with Gasteiger partial charge in [0.15, 0.2) is 0 Å². The van der Waals surface area contributed by atoms with Gasteiger partial charge < -0.3 is 0 Å². The molecule has 0 spiro atoms. The number of benzene rings is 1. The minimum atomic E-state index is -1.66. The molecule has 0 atom stereocenters. The Bertz CT molecular complexity index is 394. The van der Waals surface area contributed by atoms with Gasteiger partial charge in [-0.15, -0.1) is 0 Å². The van der Waals surface area contributed by atoms with Crippen LogP contribution in [0, 0.1) is 0 Å². The van der Waals surface area contributed by atoms with Gasteiger partial charge in [0, 0.05) is 0 Å². The summed E-state index contributed by atoms with van der Waals surface area (Å²) in [5.74, 6) is 7.46. The van der Waals surface area contributed by atoms with Crippen molar-refractivity contribution in [2.45, 2.75) is 30.6 Å². The standard InChI is InChI=1S/C13H18Ge/c1-10-9-11-7-5-6-8-12(11)13(10)14(2,3)4/h5-8H,9H2,1-4H3. The molecular weight excluding hydrogens is 229 g/mol. The zero-order valence-electron chi connectivity index (χ0n) is 9.52. The van der Waals surface area contributed by atoms with E-state index in [2.05, 4.69) is 48.5 Å². The molecule has 0 radical (unpaired) electrons. The Morgan fingerprint density at radius 3 is 2.36 bits per heavy atom. The van der Waals surface area contributed by atoms with Crippen LogP contribution in [0.15, 0.2) is 29.8 Å². The van der Waals surface area contributed by atoms with Crippen LogP contribution >= 0.6 is 0 Å². The molecule has 1 aliphatic rings. The molecule has 0 N–H and O–H groups in total. The molecule has 1 aliphatic carbocycles. The zero-order valence-corrected chi connectivity index (χ0v) is 11.6. The molecule has 0 unspecified atom stereocenters. The predicted octanol–water partition coefficient (Wildman–Crippen LogP) is 3.89. The third kappa shape index (κ3) is 1.56. The third-order valence-electron chi connectivity index (χ3n) is 2.92. The summed E-state index contributed by atoms with van der Waals surface area (Å²) in [4.78, 5) is 0. The molecule has 0 heterocycles. The second kappa shape index (κ2) is 3.27. The molecule has 14 heavy (non-hydrogen) atoms. The molecule has 0 aromatic heterocycles. The Hall–Kier alpha value is -0.497. The van der Waals surface area contributed by atoms with Crippen LogP contribution in [0.2, 0.25) is 17.3 Å². The summed E-state index contributed by atoms with van der Waals surface area (Å²) in [6.45, 7) is 2.31. The van der Waals surface area contributed by atoms with Crippen molar-refractivity contribution in [2.24, 2.45) is 0 Å². The van der Waals surface area contributed by atoms with Crippen LogP contribution in [-0.2, 0) is 6.42 Å². The van der Waals surface area contributed by atoms with Crippen LogP contribution in [0.25, 0.3) is 4.41 Å². The number of allylic oxidation sites excluding steroid dienone is 1. The number of rotatable bonds is 1. The van der Waals surface area contributed by atoms with E-state index in [0.29, 0.717) is 0 Å². The van der Waals surface area contributed by atoms with E-state index in [4.69, 9.17) is 0 Å². The zero-order chi connectivity index (χ0) is 10.3. The maximum atomic E-state index is 2.49. The van der Waals surface area contributed by atoms with Gasteiger partial charge in [-0.3, -0.25) is 0 Å². The van der Waals surface area contributed by atoms with Crippen LogP contribution < -0.4 is 0 Å². The molecule has 1 heteroatoms. The van der Waals surface area contributed by atoms with Crippen molar-refractivity contribution in [3.05, 3.63) is 41.0 Å². The van der Waals surface area contributed by atoms with Crippen molar-refractivity contribution in [2.75, 3.05) is 0 Å². The number of fused-ring (bicyclic) bond motifs is 1. The van der Waals surface area contributed by atoms with Crippen molar-refractivity contribution >= 4 is 17.7 Å². The van der Waals surface area contributed by atoms with E-state index in [1.165, 1.54) is 6.42 Å². The average Bonchev–Trinajstić information content (AvgIpc) is 2.38. The summed E-state index contributed by atoms with van der Waals surface area (Å²) in [6, 6.07) is 8.91. The van der Waals surface area contributed by atoms with Gasteiger partial charge in [-0.25, -0.2) is 0 Å². The summed E-state index contributed by atoms with van der Waals surface area (Å²) in [6.07, 6.45) is 1.19. The first-order valence-corrected chi connectivity index (χ1v) is 12.6. The molecule has 2 rings (SSSR count). The quantitative estimate of drug-likeness (QED) is 0.660. The fourth-order valence-electron chi connectivity index (χ4n) is 2.57. The Morgan fingerprint density at radius 1 is 1.07 bits per heavy atom. The van der Waals surface area contributed by atoms with Gasteiger partial charge in [0.25, 0.3) is 0 Å². The van der Waals surface area contributed by atoms with Gasteiger partial charge in [-0.05, 0) is 0 Å². The molecule has 74 valence electrons. The SMILES string of the molecule is CC1=[C]([Ge]([CH3])([CH3])[CH3])c2ccccc2C1. The van der Waals surface area contributed by atoms with E-state index in [0.717, 1.165) is 0 Å². The first-order chi connectivity index (χ1) is 6.50. The van der Waals surface area contributed by atoms with Crippen LogP contribution in [0.5, 0.6) is 0 Å². The van der Waals surface area contributed by atoms with Crippen LogP contribution in [0.3, 0.4) is 0 Å². The van der Waals surface area contributed by atoms with Gasteiger partial charge in [0.05, 0.1) is 0 Å². The van der Waals surface area contributed by atoms with E-state index in [1.807, 2.05) is 0 Å². The molecule has 0 aliphatic heterocycles. The van der Waals surface area contributed by atoms with Crippen LogP contribution in [0.1, 0.15) is 18.1 Å². The Kier molecular flexibility index (Phi) is 2.34. The van der Waals surface area contributed by atoms with Crippen molar-refractivity contribution in [3.63, 3.8) is 0 Å². The van der Waals surface area contributed by atoms with Crippen molar-refractivity contribution < 1.29 is 0 Å². The number of hydrogen-bond acceptors (Lipinski definition) is 0. The van der Waals surface area contributed by atoms with E-state index in [-0.39, 0.29) is 0 Å². The topological polar surface area (TPSA) is 0 Å². The molecule has 1 aromatic carbocycles. The second-order valence-electron chi connectivity index (χ2n) is 5.24. The van der Waals surface area contributed by atoms with Crippen molar-refractivity contribution in [1.29, 1.82) is 0 Å². The third-order valence-corrected chi connectivity index (χ3v) is 7.53. The van der Waals surface area contributed by atoms with E-state index < -0.39 is 13.3 Å². The minimum absolute atomic E-state index is 1.19. The Labute approximate surface area is 89.4 Å². The Morgan fingerprint density at radius 2 is 1.71 bits per heavy atom. The summed E-state index contributed by atoms with van der Waals surface area (Å²) >= 11 is -1.66. The summed E-state index contributed by atoms with van der Waals surface area (Å²) in [5.41, 5.74) is 4.72. The molecular formula is C13H18Ge. The maximum absolute atomic E-state index is 2.49. The molecule has 0 fully saturated rings. The number of hydrogen-bond donors (Lipinski definition) is 0. The molecule has 0 saturated carbocycles. The van der Waals surface area contributed by atoms with Crippen LogP contribution in [0.4, 0.5) is 0 Å². The summed E-state index contributed by atoms with van der Waals surface area (Å²) in [5, 5.41) is 0. The van der Waals surface area contributed by atoms with Crippen LogP contribution in [-0.4, -0.2) is 13.3 Å². The molecule has 0 saturated heterocycles. The monoisotopic (exact) mass is 248 g/mol. The first kappa shape index (κ1) is 10.0. The summed E-state index contributed by atoms with van der Waals surface area (Å²) in [7, 11) is 0. The first-order valence-electron chi connectivity index (χ1n) is 5.28. The van der Waals surface area contributed by atoms with Crippen molar-refractivity contribution in [3.8, 4) is 0 Å². The fourth-order valence-corrected chi connectivity index (χ4v) is 7.65. The van der Waals surface area contributed by atoms with Crippen molar-refractivity contribution in [1.82, 2.24) is 0 Å². The van der Waals surface area contributed by atoms with E-state index in [9.17, 15) is 0 Å². The fraction of sp³-hybridized carbons (Fsp3) is 0.385. The molecule has 0 bridgehead atoms. The average molecular weight is 247 g/mol. The van der Waals surface area contributed by atoms with Gasteiger partial charge in [-0.2, -0.15) is 0 Å².